The van der Waals surface area contributed by atoms with Gasteiger partial charge in [-0.1, -0.05) is 45.8 Å². The molecule has 0 fully saturated rings. The average Bonchev–Trinajstić information content (AvgIpc) is 2.29. The summed E-state index contributed by atoms with van der Waals surface area (Å²) in [5.41, 5.74) is 2.22. The molecule has 0 aromatic heterocycles. The second-order valence-electron chi connectivity index (χ2n) is 4.36. The van der Waals surface area contributed by atoms with Crippen LogP contribution in [0.2, 0.25) is 0 Å². The molecule has 0 aliphatic rings. The number of rotatable bonds is 7. The van der Waals surface area contributed by atoms with Crippen molar-refractivity contribution in [2.24, 2.45) is 0 Å². The molecule has 0 radical (unpaired) electrons. The fourth-order valence-electron chi connectivity index (χ4n) is 1.82. The first-order valence-corrected chi connectivity index (χ1v) is 7.17. The SMILES string of the molecule is COCC(CCBr)NC(=O)Cc1cccc(C)c1. The number of nitrogens with one attached hydrogen (secondary N) is 1. The van der Waals surface area contributed by atoms with E-state index in [1.807, 2.05) is 31.2 Å². The Bertz CT molecular complexity index is 376. The molecule has 1 aromatic carbocycles. The molecule has 0 bridgehead atoms. The van der Waals surface area contributed by atoms with E-state index >= 15 is 0 Å². The van der Waals surface area contributed by atoms with Crippen LogP contribution in [0, 0.1) is 6.92 Å². The van der Waals surface area contributed by atoms with Gasteiger partial charge in [0.15, 0.2) is 0 Å². The number of benzene rings is 1. The maximum absolute atomic E-state index is 11.9. The molecule has 1 unspecified atom stereocenters. The summed E-state index contributed by atoms with van der Waals surface area (Å²) in [7, 11) is 1.65. The van der Waals surface area contributed by atoms with Crippen LogP contribution in [0.3, 0.4) is 0 Å². The number of alkyl halides is 1. The van der Waals surface area contributed by atoms with E-state index < -0.39 is 0 Å². The summed E-state index contributed by atoms with van der Waals surface area (Å²) < 4.78 is 5.09. The highest BCUT2D eigenvalue weighted by atomic mass is 79.9. The zero-order valence-electron chi connectivity index (χ0n) is 10.9. The van der Waals surface area contributed by atoms with E-state index in [1.165, 1.54) is 5.56 Å². The fraction of sp³-hybridized carbons (Fsp3) is 0.500. The van der Waals surface area contributed by atoms with Gasteiger partial charge in [0.2, 0.25) is 5.91 Å². The van der Waals surface area contributed by atoms with Crippen LogP contribution >= 0.6 is 15.9 Å². The van der Waals surface area contributed by atoms with E-state index in [0.29, 0.717) is 13.0 Å². The molecule has 1 amide bonds. The van der Waals surface area contributed by atoms with Crippen molar-refractivity contribution < 1.29 is 9.53 Å². The largest absolute Gasteiger partial charge is 0.383 e. The van der Waals surface area contributed by atoms with Gasteiger partial charge in [-0.2, -0.15) is 0 Å². The predicted octanol–water partition coefficient (Wildman–Crippen LogP) is 2.45. The molecule has 100 valence electrons. The second kappa shape index (κ2) is 8.27. The molecule has 4 heteroatoms. The number of hydrogen-bond acceptors (Lipinski definition) is 2. The number of halogens is 1. The lowest BCUT2D eigenvalue weighted by molar-refractivity contribution is -0.121. The van der Waals surface area contributed by atoms with Crippen LogP contribution in [0.15, 0.2) is 24.3 Å². The van der Waals surface area contributed by atoms with Gasteiger partial charge in [0, 0.05) is 12.4 Å². The number of hydrogen-bond donors (Lipinski definition) is 1. The van der Waals surface area contributed by atoms with Gasteiger partial charge >= 0.3 is 0 Å². The maximum atomic E-state index is 11.9. The van der Waals surface area contributed by atoms with E-state index in [2.05, 4.69) is 21.2 Å². The van der Waals surface area contributed by atoms with Crippen molar-refractivity contribution in [3.05, 3.63) is 35.4 Å². The topological polar surface area (TPSA) is 38.3 Å². The molecule has 1 aromatic rings. The minimum Gasteiger partial charge on any atom is -0.383 e. The minimum atomic E-state index is 0.0450. The molecule has 18 heavy (non-hydrogen) atoms. The third-order valence-electron chi connectivity index (χ3n) is 2.64. The average molecular weight is 314 g/mol. The lowest BCUT2D eigenvalue weighted by Crippen LogP contribution is -2.39. The zero-order chi connectivity index (χ0) is 13.4. The molecule has 1 N–H and O–H groups in total. The molecule has 0 saturated heterocycles. The molecule has 1 atom stereocenters. The first kappa shape index (κ1) is 15.2. The van der Waals surface area contributed by atoms with E-state index in [0.717, 1.165) is 17.3 Å². The predicted molar refractivity (Wildman–Crippen MR) is 77.1 cm³/mol. The standard InChI is InChI=1S/C14H20BrNO2/c1-11-4-3-5-12(8-11)9-14(17)16-13(6-7-15)10-18-2/h3-5,8,13H,6-7,9-10H2,1-2H3,(H,16,17). The number of ether oxygens (including phenoxy) is 1. The van der Waals surface area contributed by atoms with Crippen molar-refractivity contribution in [1.82, 2.24) is 5.32 Å². The number of amides is 1. The van der Waals surface area contributed by atoms with Crippen LogP contribution in [-0.2, 0) is 16.0 Å². The van der Waals surface area contributed by atoms with E-state index in [1.54, 1.807) is 7.11 Å². The summed E-state index contributed by atoms with van der Waals surface area (Å²) in [6.45, 7) is 2.57. The Morgan fingerprint density at radius 3 is 2.89 bits per heavy atom. The van der Waals surface area contributed by atoms with Gasteiger partial charge in [0.25, 0.3) is 0 Å². The molecule has 0 aliphatic heterocycles. The van der Waals surface area contributed by atoms with Crippen LogP contribution in [0.25, 0.3) is 0 Å². The highest BCUT2D eigenvalue weighted by molar-refractivity contribution is 9.09. The Labute approximate surface area is 117 Å². The lowest BCUT2D eigenvalue weighted by atomic mass is 10.1. The fourth-order valence-corrected chi connectivity index (χ4v) is 2.37. The summed E-state index contributed by atoms with van der Waals surface area (Å²) in [4.78, 5) is 11.9. The van der Waals surface area contributed by atoms with Crippen molar-refractivity contribution in [3.8, 4) is 0 Å². The van der Waals surface area contributed by atoms with Crippen molar-refractivity contribution in [3.63, 3.8) is 0 Å². The molecule has 0 aliphatic carbocycles. The van der Waals surface area contributed by atoms with Crippen molar-refractivity contribution in [2.75, 3.05) is 19.0 Å². The van der Waals surface area contributed by atoms with Gasteiger partial charge in [-0.15, -0.1) is 0 Å². The summed E-state index contributed by atoms with van der Waals surface area (Å²) in [5, 5.41) is 3.85. The first-order chi connectivity index (χ1) is 8.65. The second-order valence-corrected chi connectivity index (χ2v) is 5.16. The normalized spacial score (nSPS) is 12.2. The van der Waals surface area contributed by atoms with Gasteiger partial charge in [-0.3, -0.25) is 4.79 Å². The van der Waals surface area contributed by atoms with Gasteiger partial charge in [0.1, 0.15) is 0 Å². The monoisotopic (exact) mass is 313 g/mol. The highest BCUT2D eigenvalue weighted by Crippen LogP contribution is 2.05. The third-order valence-corrected chi connectivity index (χ3v) is 3.10. The minimum absolute atomic E-state index is 0.0450. The highest BCUT2D eigenvalue weighted by Gasteiger charge is 2.11. The number of methoxy groups -OCH3 is 1. The zero-order valence-corrected chi connectivity index (χ0v) is 12.5. The summed E-state index contributed by atoms with van der Waals surface area (Å²) in [6.07, 6.45) is 1.29. The van der Waals surface area contributed by atoms with Crippen molar-refractivity contribution in [1.29, 1.82) is 0 Å². The Morgan fingerprint density at radius 1 is 1.50 bits per heavy atom. The summed E-state index contributed by atoms with van der Waals surface area (Å²) in [6, 6.07) is 8.09. The van der Waals surface area contributed by atoms with Crippen LogP contribution in [0.1, 0.15) is 17.5 Å². The quantitative estimate of drug-likeness (QED) is 0.785. The third kappa shape index (κ3) is 5.65. The van der Waals surface area contributed by atoms with Crippen LogP contribution < -0.4 is 5.32 Å². The van der Waals surface area contributed by atoms with Gasteiger partial charge in [-0.05, 0) is 18.9 Å². The van der Waals surface area contributed by atoms with Crippen molar-refractivity contribution >= 4 is 21.8 Å². The van der Waals surface area contributed by atoms with E-state index in [-0.39, 0.29) is 11.9 Å². The Kier molecular flexibility index (Phi) is 6.98. The van der Waals surface area contributed by atoms with E-state index in [4.69, 9.17) is 4.74 Å². The lowest BCUT2D eigenvalue weighted by Gasteiger charge is -2.16. The van der Waals surface area contributed by atoms with Gasteiger partial charge in [-0.25, -0.2) is 0 Å². The Balaban J connectivity index is 2.49. The molecule has 0 saturated carbocycles. The Morgan fingerprint density at radius 2 is 2.28 bits per heavy atom. The molecule has 1 rings (SSSR count). The molecule has 0 heterocycles. The van der Waals surface area contributed by atoms with Crippen LogP contribution in [-0.4, -0.2) is 31.0 Å². The molecule has 0 spiro atoms. The molecular weight excluding hydrogens is 294 g/mol. The maximum Gasteiger partial charge on any atom is 0.224 e. The number of carbonyl (C=O) groups is 1. The molecular formula is C14H20BrNO2. The Hall–Kier alpha value is -0.870. The summed E-state index contributed by atoms with van der Waals surface area (Å²) >= 11 is 3.38. The summed E-state index contributed by atoms with van der Waals surface area (Å²) in [5.74, 6) is 0.0450. The first-order valence-electron chi connectivity index (χ1n) is 6.05. The van der Waals surface area contributed by atoms with Gasteiger partial charge in [0.05, 0.1) is 19.1 Å². The van der Waals surface area contributed by atoms with Crippen LogP contribution in [0.5, 0.6) is 0 Å². The van der Waals surface area contributed by atoms with Crippen molar-refractivity contribution in [2.45, 2.75) is 25.8 Å². The number of aryl methyl sites for hydroxylation is 1. The van der Waals surface area contributed by atoms with Crippen LogP contribution in [0.4, 0.5) is 0 Å². The number of carbonyl (C=O) groups excluding carboxylic acids is 1. The molecule has 3 nitrogen and oxygen atoms in total. The van der Waals surface area contributed by atoms with Gasteiger partial charge < -0.3 is 10.1 Å². The van der Waals surface area contributed by atoms with E-state index in [9.17, 15) is 4.79 Å². The smallest absolute Gasteiger partial charge is 0.224 e.